The first-order valence-electron chi connectivity index (χ1n) is 13.2. The molecular weight excluding hydrogens is 481 g/mol. The van der Waals surface area contributed by atoms with E-state index in [0.29, 0.717) is 43.8 Å². The van der Waals surface area contributed by atoms with Crippen LogP contribution in [0.1, 0.15) is 79.1 Å². The van der Waals surface area contributed by atoms with Gasteiger partial charge in [0.2, 0.25) is 0 Å². The molecule has 0 radical (unpaired) electrons. The zero-order chi connectivity index (χ0) is 25.7. The lowest BCUT2D eigenvalue weighted by Gasteiger charge is -2.64. The third-order valence-electron chi connectivity index (χ3n) is 10.4. The van der Waals surface area contributed by atoms with Crippen molar-refractivity contribution in [1.82, 2.24) is 0 Å². The van der Waals surface area contributed by atoms with E-state index in [9.17, 15) is 21.6 Å². The van der Waals surface area contributed by atoms with Crippen LogP contribution in [0.25, 0.3) is 0 Å². The van der Waals surface area contributed by atoms with Crippen LogP contribution in [0.5, 0.6) is 0 Å². The van der Waals surface area contributed by atoms with Crippen molar-refractivity contribution < 1.29 is 35.2 Å². The average Bonchev–Trinajstić information content (AvgIpc) is 3.07. The summed E-state index contributed by atoms with van der Waals surface area (Å²) < 4.78 is 80.0. The Morgan fingerprint density at radius 2 is 1.71 bits per heavy atom. The molecule has 4 aliphatic carbocycles. The lowest BCUT2D eigenvalue weighted by molar-refractivity contribution is -0.179. The van der Waals surface area contributed by atoms with Crippen molar-refractivity contribution in [3.63, 3.8) is 0 Å². The van der Waals surface area contributed by atoms with E-state index in [1.54, 1.807) is 6.08 Å². The van der Waals surface area contributed by atoms with E-state index in [1.807, 2.05) is 20.8 Å². The smallest absolute Gasteiger partial charge is 0.381 e. The number of ether oxygens (including phenoxy) is 2. The van der Waals surface area contributed by atoms with Gasteiger partial charge in [0.25, 0.3) is 0 Å². The van der Waals surface area contributed by atoms with Gasteiger partial charge in [0.1, 0.15) is 5.76 Å². The average molecular weight is 523 g/mol. The van der Waals surface area contributed by atoms with E-state index in [4.69, 9.17) is 13.7 Å². The van der Waals surface area contributed by atoms with Crippen LogP contribution in [0.3, 0.4) is 0 Å². The largest absolute Gasteiger partial charge is 0.534 e. The highest BCUT2D eigenvalue weighted by molar-refractivity contribution is 7.87. The van der Waals surface area contributed by atoms with Crippen molar-refractivity contribution >= 4 is 10.1 Å². The van der Waals surface area contributed by atoms with Gasteiger partial charge in [0.15, 0.2) is 0 Å². The molecule has 0 aromatic heterocycles. The number of hydrogen-bond acceptors (Lipinski definition) is 5. The van der Waals surface area contributed by atoms with Crippen molar-refractivity contribution in [3.05, 3.63) is 11.8 Å². The van der Waals surface area contributed by atoms with E-state index in [1.165, 1.54) is 6.42 Å². The Kier molecular flexibility index (Phi) is 7.39. The van der Waals surface area contributed by atoms with E-state index >= 15 is 0 Å². The van der Waals surface area contributed by atoms with Gasteiger partial charge in [-0.05, 0) is 100 Å². The first-order chi connectivity index (χ1) is 16.3. The van der Waals surface area contributed by atoms with Gasteiger partial charge in [-0.2, -0.15) is 21.6 Å². The quantitative estimate of drug-likeness (QED) is 0.271. The molecule has 0 aromatic carbocycles. The van der Waals surface area contributed by atoms with Gasteiger partial charge in [0.05, 0.1) is 6.61 Å². The van der Waals surface area contributed by atoms with Gasteiger partial charge in [-0.25, -0.2) is 0 Å². The van der Waals surface area contributed by atoms with Crippen molar-refractivity contribution in [3.8, 4) is 0 Å². The monoisotopic (exact) mass is 522 g/mol. The van der Waals surface area contributed by atoms with E-state index < -0.39 is 26.5 Å². The number of allylic oxidation sites excluding steroid dienone is 2. The highest BCUT2D eigenvalue weighted by atomic mass is 32.2. The third-order valence-corrected chi connectivity index (χ3v) is 11.3. The number of halogens is 3. The minimum atomic E-state index is -5.71. The van der Waals surface area contributed by atoms with Gasteiger partial charge >= 0.3 is 15.6 Å². The summed E-state index contributed by atoms with van der Waals surface area (Å²) in [6.45, 7) is 10.7. The topological polar surface area (TPSA) is 61.8 Å². The van der Waals surface area contributed by atoms with Crippen molar-refractivity contribution in [2.75, 3.05) is 26.4 Å². The van der Waals surface area contributed by atoms with E-state index in [-0.39, 0.29) is 17.1 Å². The summed E-state index contributed by atoms with van der Waals surface area (Å²) in [5.74, 6) is 1.86. The Balaban J connectivity index is 1.62. The molecule has 0 bridgehead atoms. The minimum absolute atomic E-state index is 0.0410. The lowest BCUT2D eigenvalue weighted by Crippen LogP contribution is -2.60. The first kappa shape index (κ1) is 27.2. The predicted molar refractivity (Wildman–Crippen MR) is 127 cm³/mol. The van der Waals surface area contributed by atoms with Gasteiger partial charge in [-0.3, -0.25) is 0 Å². The van der Waals surface area contributed by atoms with Crippen LogP contribution in [0.2, 0.25) is 0 Å². The number of alkyl halides is 3. The summed E-state index contributed by atoms with van der Waals surface area (Å²) in [6, 6.07) is 0. The van der Waals surface area contributed by atoms with Crippen molar-refractivity contribution in [2.45, 2.75) is 84.6 Å². The maximum Gasteiger partial charge on any atom is 0.534 e. The summed E-state index contributed by atoms with van der Waals surface area (Å²) in [5, 5.41) is 0. The molecule has 0 heterocycles. The molecule has 0 saturated heterocycles. The first-order valence-corrected chi connectivity index (χ1v) is 14.6. The van der Waals surface area contributed by atoms with E-state index in [0.717, 1.165) is 45.3 Å². The molecular formula is C26H41F3O5S. The molecule has 35 heavy (non-hydrogen) atoms. The molecule has 0 N–H and O–H groups in total. The van der Waals surface area contributed by atoms with Crippen LogP contribution in [0.15, 0.2) is 11.8 Å². The molecule has 0 amide bonds. The predicted octanol–water partition coefficient (Wildman–Crippen LogP) is 6.45. The Labute approximate surface area is 208 Å². The highest BCUT2D eigenvalue weighted by Crippen LogP contribution is 2.72. The number of rotatable bonds is 8. The second-order valence-corrected chi connectivity index (χ2v) is 13.3. The second-order valence-electron chi connectivity index (χ2n) is 11.7. The molecule has 3 fully saturated rings. The highest BCUT2D eigenvalue weighted by Gasteiger charge is 2.67. The molecule has 4 rings (SSSR count). The molecule has 7 atom stereocenters. The SMILES string of the molecule is CCOC[C@H]1CC[C@]2(C)C3CC[C@]4(C)C(OS(=O)(=O)C(F)(F)F)=CC[C@]4(COCC)C3CC[C@@H]2C1. The maximum absolute atomic E-state index is 13.2. The van der Waals surface area contributed by atoms with Crippen LogP contribution in [-0.2, 0) is 23.8 Å². The fourth-order valence-corrected chi connectivity index (χ4v) is 8.95. The van der Waals surface area contributed by atoms with Crippen LogP contribution in [0, 0.1) is 39.9 Å². The van der Waals surface area contributed by atoms with Gasteiger partial charge in [-0.15, -0.1) is 0 Å². The summed E-state index contributed by atoms with van der Waals surface area (Å²) in [4.78, 5) is 0. The normalized spacial score (nSPS) is 41.5. The molecule has 0 spiro atoms. The Bertz CT molecular complexity index is 918. The van der Waals surface area contributed by atoms with Crippen LogP contribution < -0.4 is 0 Å². The molecule has 9 heteroatoms. The molecule has 2 unspecified atom stereocenters. The standard InChI is InChI=1S/C26H41F3O5S/c1-5-32-16-18-9-12-23(3)19(15-18)7-8-21-20(23)10-13-24(4)22(34-35(30,31)26(27,28)29)11-14-25(21,24)17-33-6-2/h11,18-21H,5-10,12-17H2,1-4H3/t18-,19+,20?,21?,23-,24+,25-/m0/s1. The molecule has 4 aliphatic rings. The lowest BCUT2D eigenvalue weighted by atomic mass is 9.40. The zero-order valence-corrected chi connectivity index (χ0v) is 22.3. The maximum atomic E-state index is 13.2. The Hall–Kier alpha value is -0.800. The summed E-state index contributed by atoms with van der Waals surface area (Å²) >= 11 is 0. The van der Waals surface area contributed by atoms with Crippen molar-refractivity contribution in [2.24, 2.45) is 39.9 Å². The molecule has 3 saturated carbocycles. The molecule has 0 aromatic rings. The van der Waals surface area contributed by atoms with Crippen LogP contribution in [0.4, 0.5) is 13.2 Å². The van der Waals surface area contributed by atoms with Crippen LogP contribution in [-0.4, -0.2) is 40.4 Å². The van der Waals surface area contributed by atoms with Gasteiger partial charge in [-0.1, -0.05) is 13.8 Å². The van der Waals surface area contributed by atoms with E-state index in [2.05, 4.69) is 6.92 Å². The zero-order valence-electron chi connectivity index (χ0n) is 21.5. The van der Waals surface area contributed by atoms with Gasteiger partial charge in [0, 0.05) is 30.7 Å². The molecule has 202 valence electrons. The Morgan fingerprint density at radius 3 is 2.37 bits per heavy atom. The Morgan fingerprint density at radius 1 is 1.00 bits per heavy atom. The fraction of sp³-hybridized carbons (Fsp3) is 0.923. The second kappa shape index (κ2) is 9.50. The summed E-state index contributed by atoms with van der Waals surface area (Å²) in [7, 11) is -5.71. The summed E-state index contributed by atoms with van der Waals surface area (Å²) in [5.41, 5.74) is -6.54. The number of fused-ring (bicyclic) bond motifs is 5. The van der Waals surface area contributed by atoms with Gasteiger partial charge < -0.3 is 13.7 Å². The fourth-order valence-electron chi connectivity index (χ4n) is 8.36. The van der Waals surface area contributed by atoms with Crippen LogP contribution >= 0.6 is 0 Å². The minimum Gasteiger partial charge on any atom is -0.381 e. The third kappa shape index (κ3) is 4.35. The summed E-state index contributed by atoms with van der Waals surface area (Å²) in [6.07, 6.45) is 9.09. The molecule has 5 nitrogen and oxygen atoms in total. The number of hydrogen-bond donors (Lipinski definition) is 0. The van der Waals surface area contributed by atoms with Crippen molar-refractivity contribution in [1.29, 1.82) is 0 Å². The molecule has 0 aliphatic heterocycles.